The molecular weight excluding hydrogens is 72.1 g/mol. The smallest absolute Gasteiger partial charge is 0.00809 e. The number of fused-ring (bicyclic) bond motifs is 1. The van der Waals surface area contributed by atoms with Gasteiger partial charge in [-0.3, -0.25) is 0 Å². The van der Waals surface area contributed by atoms with E-state index in [-0.39, 0.29) is 0 Å². The van der Waals surface area contributed by atoms with Crippen LogP contribution in [0.5, 0.6) is 0 Å². The molecule has 0 radical (unpaired) electrons. The van der Waals surface area contributed by atoms with Gasteiger partial charge < -0.3 is 0 Å². The summed E-state index contributed by atoms with van der Waals surface area (Å²) in [6.07, 6.45) is 4.43. The third kappa shape index (κ3) is 0.102. The first-order chi connectivity index (χ1) is 2.89. The number of rotatable bonds is 0. The average molecular weight is 78.1 g/mol. The lowest BCUT2D eigenvalue weighted by Gasteiger charge is -1.89. The summed E-state index contributed by atoms with van der Waals surface area (Å²) < 4.78 is 0. The lowest BCUT2D eigenvalue weighted by atomic mass is 10.1. The zero-order valence-electron chi connectivity index (χ0n) is 3.52. The highest BCUT2D eigenvalue weighted by molar-refractivity contribution is 5.45. The highest BCUT2D eigenvalue weighted by Gasteiger charge is 2.43. The summed E-state index contributed by atoms with van der Waals surface area (Å²) in [7, 11) is 0. The summed E-state index contributed by atoms with van der Waals surface area (Å²) in [5.41, 5.74) is 1.43. The van der Waals surface area contributed by atoms with E-state index in [1.807, 2.05) is 0 Å². The molecule has 2 rings (SSSR count). The van der Waals surface area contributed by atoms with Crippen molar-refractivity contribution < 1.29 is 0 Å². The van der Waals surface area contributed by atoms with Gasteiger partial charge in [-0.1, -0.05) is 24.3 Å². The largest absolute Gasteiger partial charge is 0.0986 e. The summed E-state index contributed by atoms with van der Waals surface area (Å²) in [5, 5.41) is 0. The standard InChI is InChI=1S/C6H6/c1-4-5-2-3-6(4)5/h2-3,5-6H,1H2. The summed E-state index contributed by atoms with van der Waals surface area (Å²) in [6, 6.07) is 0. The van der Waals surface area contributed by atoms with Gasteiger partial charge in [0.1, 0.15) is 0 Å². The minimum atomic E-state index is 0.824. The van der Waals surface area contributed by atoms with Gasteiger partial charge in [-0.15, -0.1) is 0 Å². The molecule has 1 fully saturated rings. The highest BCUT2D eigenvalue weighted by atomic mass is 14.5. The molecule has 2 aliphatic carbocycles. The van der Waals surface area contributed by atoms with Crippen molar-refractivity contribution in [2.45, 2.75) is 0 Å². The third-order valence-corrected chi connectivity index (χ3v) is 1.66. The van der Waals surface area contributed by atoms with Crippen LogP contribution in [-0.2, 0) is 0 Å². The van der Waals surface area contributed by atoms with Crippen molar-refractivity contribution in [3.8, 4) is 0 Å². The Morgan fingerprint density at radius 2 is 1.83 bits per heavy atom. The summed E-state index contributed by atoms with van der Waals surface area (Å²) in [4.78, 5) is 0. The van der Waals surface area contributed by atoms with Crippen molar-refractivity contribution in [2.75, 3.05) is 0 Å². The van der Waals surface area contributed by atoms with E-state index in [1.165, 1.54) is 5.57 Å². The van der Waals surface area contributed by atoms with Crippen LogP contribution in [0.2, 0.25) is 0 Å². The first-order valence-electron chi connectivity index (χ1n) is 2.26. The fourth-order valence-corrected chi connectivity index (χ4v) is 0.942. The van der Waals surface area contributed by atoms with Crippen molar-refractivity contribution in [3.05, 3.63) is 24.3 Å². The molecule has 2 atom stereocenters. The zero-order valence-corrected chi connectivity index (χ0v) is 3.52. The Hall–Kier alpha value is -0.520. The van der Waals surface area contributed by atoms with Crippen LogP contribution < -0.4 is 0 Å². The van der Waals surface area contributed by atoms with E-state index in [0.717, 1.165) is 11.8 Å². The second-order valence-electron chi connectivity index (χ2n) is 2.01. The molecule has 0 aromatic heterocycles. The van der Waals surface area contributed by atoms with Crippen molar-refractivity contribution in [2.24, 2.45) is 11.8 Å². The van der Waals surface area contributed by atoms with Gasteiger partial charge in [0.05, 0.1) is 0 Å². The van der Waals surface area contributed by atoms with E-state index in [1.54, 1.807) is 0 Å². The van der Waals surface area contributed by atoms with Crippen molar-refractivity contribution in [1.29, 1.82) is 0 Å². The van der Waals surface area contributed by atoms with E-state index in [0.29, 0.717) is 0 Å². The molecule has 6 heavy (non-hydrogen) atoms. The number of hydrogen-bond donors (Lipinski definition) is 0. The van der Waals surface area contributed by atoms with Gasteiger partial charge in [-0.05, 0) is 0 Å². The second-order valence-corrected chi connectivity index (χ2v) is 2.01. The Balaban J connectivity index is 2.46. The van der Waals surface area contributed by atoms with E-state index in [9.17, 15) is 0 Å². The van der Waals surface area contributed by atoms with E-state index in [4.69, 9.17) is 0 Å². The molecule has 0 nitrogen and oxygen atoms in total. The monoisotopic (exact) mass is 78.0 g/mol. The van der Waals surface area contributed by atoms with Gasteiger partial charge in [0, 0.05) is 11.8 Å². The van der Waals surface area contributed by atoms with Crippen LogP contribution in [0.15, 0.2) is 24.3 Å². The molecule has 0 heterocycles. The molecule has 30 valence electrons. The van der Waals surface area contributed by atoms with E-state index >= 15 is 0 Å². The highest BCUT2D eigenvalue weighted by Crippen LogP contribution is 2.53. The fourth-order valence-electron chi connectivity index (χ4n) is 0.942. The van der Waals surface area contributed by atoms with Crippen molar-refractivity contribution in [1.82, 2.24) is 0 Å². The lowest BCUT2D eigenvalue weighted by molar-refractivity contribution is 0.907. The van der Waals surface area contributed by atoms with Gasteiger partial charge in [0.15, 0.2) is 0 Å². The van der Waals surface area contributed by atoms with Crippen LogP contribution in [-0.4, -0.2) is 0 Å². The molecule has 2 unspecified atom stereocenters. The summed E-state index contributed by atoms with van der Waals surface area (Å²) in [6.45, 7) is 3.83. The molecule has 0 amide bonds. The average Bonchev–Trinajstić information content (AvgIpc) is 1.63. The maximum absolute atomic E-state index is 3.83. The van der Waals surface area contributed by atoms with Crippen LogP contribution >= 0.6 is 0 Å². The molecule has 2 aliphatic rings. The summed E-state index contributed by atoms with van der Waals surface area (Å²) >= 11 is 0. The van der Waals surface area contributed by atoms with Crippen LogP contribution in [0.3, 0.4) is 0 Å². The first kappa shape index (κ1) is 2.62. The lowest BCUT2D eigenvalue weighted by Crippen LogP contribution is -1.80. The van der Waals surface area contributed by atoms with E-state index in [2.05, 4.69) is 18.7 Å². The van der Waals surface area contributed by atoms with Gasteiger partial charge in [0.2, 0.25) is 0 Å². The first-order valence-corrected chi connectivity index (χ1v) is 2.26. The molecule has 0 saturated heterocycles. The maximum Gasteiger partial charge on any atom is 0.00809 e. The van der Waals surface area contributed by atoms with Gasteiger partial charge >= 0.3 is 0 Å². The maximum atomic E-state index is 3.83. The molecule has 0 N–H and O–H groups in total. The topological polar surface area (TPSA) is 0 Å². The van der Waals surface area contributed by atoms with Crippen molar-refractivity contribution in [3.63, 3.8) is 0 Å². The Morgan fingerprint density at radius 3 is 1.83 bits per heavy atom. The van der Waals surface area contributed by atoms with Crippen LogP contribution in [0.1, 0.15) is 0 Å². The molecule has 0 aromatic rings. The zero-order chi connectivity index (χ0) is 4.15. The van der Waals surface area contributed by atoms with E-state index < -0.39 is 0 Å². The Bertz CT molecular complexity index is 117. The van der Waals surface area contributed by atoms with Crippen LogP contribution in [0, 0.1) is 11.8 Å². The number of hydrogen-bond acceptors (Lipinski definition) is 0. The Kier molecular flexibility index (Phi) is 0.216. The molecule has 0 heteroatoms. The van der Waals surface area contributed by atoms with Gasteiger partial charge in [-0.25, -0.2) is 0 Å². The normalized spacial score (nSPS) is 47.7. The third-order valence-electron chi connectivity index (χ3n) is 1.66. The van der Waals surface area contributed by atoms with Crippen LogP contribution in [0.4, 0.5) is 0 Å². The predicted octanol–water partition coefficient (Wildman–Crippen LogP) is 1.36. The SMILES string of the molecule is C=C1C2C=CC12. The van der Waals surface area contributed by atoms with Crippen LogP contribution in [0.25, 0.3) is 0 Å². The molecule has 0 aliphatic heterocycles. The number of allylic oxidation sites excluding steroid dienone is 3. The minimum absolute atomic E-state index is 0.824. The molecule has 0 spiro atoms. The Morgan fingerprint density at radius 1 is 1.33 bits per heavy atom. The quantitative estimate of drug-likeness (QED) is 0.384. The second kappa shape index (κ2) is 0.494. The minimum Gasteiger partial charge on any atom is -0.0986 e. The summed E-state index contributed by atoms with van der Waals surface area (Å²) in [5.74, 6) is 1.65. The fraction of sp³-hybridized carbons (Fsp3) is 0.333. The predicted molar refractivity (Wildman–Crippen MR) is 25.3 cm³/mol. The van der Waals surface area contributed by atoms with Crippen molar-refractivity contribution >= 4 is 0 Å². The van der Waals surface area contributed by atoms with Gasteiger partial charge in [0.25, 0.3) is 0 Å². The Labute approximate surface area is 37.2 Å². The molecule has 0 aromatic carbocycles. The molecular formula is C6H6. The van der Waals surface area contributed by atoms with Gasteiger partial charge in [-0.2, -0.15) is 0 Å². The molecule has 1 saturated carbocycles. The molecule has 0 bridgehead atoms.